The predicted octanol–water partition coefficient (Wildman–Crippen LogP) is 3.62. The van der Waals surface area contributed by atoms with Crippen molar-refractivity contribution in [3.63, 3.8) is 0 Å². The molecule has 19 heavy (non-hydrogen) atoms. The summed E-state index contributed by atoms with van der Waals surface area (Å²) in [6, 6.07) is 5.66. The summed E-state index contributed by atoms with van der Waals surface area (Å²) in [5.41, 5.74) is 4.66. The second kappa shape index (κ2) is 5.31. The van der Waals surface area contributed by atoms with Gasteiger partial charge in [-0.1, -0.05) is 6.07 Å². The van der Waals surface area contributed by atoms with E-state index in [1.807, 2.05) is 13.0 Å². The number of carbonyl (C=O) groups excluding carboxylic acids is 1. The Labute approximate surface area is 113 Å². The molecular weight excluding hydrogens is 240 g/mol. The number of benzene rings is 1. The molecule has 0 fully saturated rings. The second-order valence-electron chi connectivity index (χ2n) is 4.73. The molecule has 0 atom stereocenters. The van der Waals surface area contributed by atoms with Crippen LogP contribution in [0.3, 0.4) is 0 Å². The van der Waals surface area contributed by atoms with Gasteiger partial charge >= 0.3 is 0 Å². The van der Waals surface area contributed by atoms with Crippen LogP contribution < -0.4 is 4.74 Å². The highest BCUT2D eigenvalue weighted by Crippen LogP contribution is 2.29. The van der Waals surface area contributed by atoms with Crippen LogP contribution in [-0.4, -0.2) is 13.4 Å². The van der Waals surface area contributed by atoms with Gasteiger partial charge < -0.3 is 9.15 Å². The highest BCUT2D eigenvalue weighted by Gasteiger charge is 2.12. The summed E-state index contributed by atoms with van der Waals surface area (Å²) in [4.78, 5) is 10.6. The van der Waals surface area contributed by atoms with E-state index in [0.717, 1.165) is 28.9 Å². The molecule has 0 spiro atoms. The van der Waals surface area contributed by atoms with Crippen molar-refractivity contribution < 1.29 is 13.9 Å². The molecule has 0 amide bonds. The Balaban J connectivity index is 2.38. The molecule has 100 valence electrons. The van der Waals surface area contributed by atoms with Crippen molar-refractivity contribution in [2.45, 2.75) is 27.2 Å². The fourth-order valence-corrected chi connectivity index (χ4v) is 2.38. The first kappa shape index (κ1) is 13.4. The third-order valence-electron chi connectivity index (χ3n) is 3.50. The number of ether oxygens (including phenoxy) is 1. The number of hydrogen-bond donors (Lipinski definition) is 0. The zero-order chi connectivity index (χ0) is 14.0. The molecule has 0 aliphatic rings. The molecule has 2 aromatic rings. The molecule has 0 aliphatic heterocycles. The van der Waals surface area contributed by atoms with Gasteiger partial charge in [-0.05, 0) is 55.2 Å². The molecule has 0 N–H and O–H groups in total. The van der Waals surface area contributed by atoms with E-state index in [-0.39, 0.29) is 0 Å². The van der Waals surface area contributed by atoms with Crippen molar-refractivity contribution in [3.8, 4) is 5.75 Å². The van der Waals surface area contributed by atoms with E-state index in [9.17, 15) is 4.79 Å². The quantitative estimate of drug-likeness (QED) is 0.786. The van der Waals surface area contributed by atoms with Crippen LogP contribution in [-0.2, 0) is 6.42 Å². The lowest BCUT2D eigenvalue weighted by Crippen LogP contribution is -1.99. The van der Waals surface area contributed by atoms with Crippen molar-refractivity contribution in [2.75, 3.05) is 7.11 Å². The van der Waals surface area contributed by atoms with Crippen LogP contribution in [0.2, 0.25) is 0 Å². The number of hydrogen-bond acceptors (Lipinski definition) is 3. The maximum atomic E-state index is 10.6. The topological polar surface area (TPSA) is 39.4 Å². The van der Waals surface area contributed by atoms with Gasteiger partial charge in [0.05, 0.1) is 7.11 Å². The van der Waals surface area contributed by atoms with Gasteiger partial charge in [-0.3, -0.25) is 4.79 Å². The Hall–Kier alpha value is -2.03. The SMILES string of the molecule is COc1c(C)cc(Cc2ccc(C=O)o2)c(C)c1C. The highest BCUT2D eigenvalue weighted by molar-refractivity contribution is 5.70. The summed E-state index contributed by atoms with van der Waals surface area (Å²) in [6.07, 6.45) is 1.41. The second-order valence-corrected chi connectivity index (χ2v) is 4.73. The van der Waals surface area contributed by atoms with Gasteiger partial charge in [-0.25, -0.2) is 0 Å². The van der Waals surface area contributed by atoms with Gasteiger partial charge in [0.15, 0.2) is 12.0 Å². The average molecular weight is 258 g/mol. The van der Waals surface area contributed by atoms with Crippen LogP contribution in [0, 0.1) is 20.8 Å². The maximum Gasteiger partial charge on any atom is 0.185 e. The van der Waals surface area contributed by atoms with Crippen molar-refractivity contribution >= 4 is 6.29 Å². The normalized spacial score (nSPS) is 10.5. The smallest absolute Gasteiger partial charge is 0.185 e. The van der Waals surface area contributed by atoms with E-state index >= 15 is 0 Å². The molecular formula is C16H18O3. The number of carbonyl (C=O) groups is 1. The summed E-state index contributed by atoms with van der Waals surface area (Å²) in [5.74, 6) is 2.11. The molecule has 0 saturated heterocycles. The molecule has 3 heteroatoms. The monoisotopic (exact) mass is 258 g/mol. The number of aryl methyl sites for hydroxylation is 1. The maximum absolute atomic E-state index is 10.6. The standard InChI is InChI=1S/C16H18O3/c1-10-7-13(11(2)12(3)16(10)18-4)8-14-5-6-15(9-17)19-14/h5-7,9H,8H2,1-4H3. The van der Waals surface area contributed by atoms with E-state index in [0.29, 0.717) is 12.2 Å². The van der Waals surface area contributed by atoms with Crippen LogP contribution in [0.15, 0.2) is 22.6 Å². The number of aldehydes is 1. The minimum Gasteiger partial charge on any atom is -0.496 e. The minimum absolute atomic E-state index is 0.370. The molecule has 0 saturated carbocycles. The van der Waals surface area contributed by atoms with Crippen molar-refractivity contribution in [2.24, 2.45) is 0 Å². The Kier molecular flexibility index (Phi) is 3.74. The molecule has 0 radical (unpaired) electrons. The van der Waals surface area contributed by atoms with Crippen LogP contribution in [0.25, 0.3) is 0 Å². The summed E-state index contributed by atoms with van der Waals surface area (Å²) < 4.78 is 10.8. The molecule has 0 bridgehead atoms. The Morgan fingerprint density at radius 3 is 2.53 bits per heavy atom. The van der Waals surface area contributed by atoms with Crippen molar-refractivity contribution in [3.05, 3.63) is 52.0 Å². The third kappa shape index (κ3) is 2.55. The van der Waals surface area contributed by atoms with Gasteiger partial charge in [0.2, 0.25) is 0 Å². The fraction of sp³-hybridized carbons (Fsp3) is 0.312. The van der Waals surface area contributed by atoms with Crippen molar-refractivity contribution in [1.29, 1.82) is 0 Å². The zero-order valence-corrected chi connectivity index (χ0v) is 11.7. The zero-order valence-electron chi connectivity index (χ0n) is 11.7. The first-order valence-electron chi connectivity index (χ1n) is 6.24. The van der Waals surface area contributed by atoms with Crippen LogP contribution in [0.1, 0.15) is 38.6 Å². The van der Waals surface area contributed by atoms with Gasteiger partial charge in [0.25, 0.3) is 0 Å². The highest BCUT2D eigenvalue weighted by atomic mass is 16.5. The molecule has 1 heterocycles. The van der Waals surface area contributed by atoms with Gasteiger partial charge in [0, 0.05) is 6.42 Å². The Morgan fingerprint density at radius 1 is 1.21 bits per heavy atom. The van der Waals surface area contributed by atoms with E-state index in [1.54, 1.807) is 13.2 Å². The van der Waals surface area contributed by atoms with E-state index in [4.69, 9.17) is 9.15 Å². The molecule has 2 rings (SSSR count). The van der Waals surface area contributed by atoms with Gasteiger partial charge in [-0.2, -0.15) is 0 Å². The van der Waals surface area contributed by atoms with E-state index in [2.05, 4.69) is 19.9 Å². The lowest BCUT2D eigenvalue weighted by atomic mass is 9.96. The van der Waals surface area contributed by atoms with E-state index in [1.165, 1.54) is 11.1 Å². The number of furan rings is 1. The Morgan fingerprint density at radius 2 is 1.95 bits per heavy atom. The minimum atomic E-state index is 0.370. The first-order valence-corrected chi connectivity index (χ1v) is 6.24. The van der Waals surface area contributed by atoms with Crippen LogP contribution in [0.5, 0.6) is 5.75 Å². The van der Waals surface area contributed by atoms with Gasteiger partial charge in [0.1, 0.15) is 11.5 Å². The summed E-state index contributed by atoms with van der Waals surface area (Å²) in [7, 11) is 1.69. The molecule has 3 nitrogen and oxygen atoms in total. The summed E-state index contributed by atoms with van der Waals surface area (Å²) in [6.45, 7) is 6.17. The molecule has 1 aromatic carbocycles. The predicted molar refractivity (Wildman–Crippen MR) is 74.1 cm³/mol. The Bertz CT molecular complexity index is 609. The third-order valence-corrected chi connectivity index (χ3v) is 3.50. The lowest BCUT2D eigenvalue weighted by molar-refractivity contribution is 0.109. The lowest BCUT2D eigenvalue weighted by Gasteiger charge is -2.15. The molecule has 1 aromatic heterocycles. The molecule has 0 unspecified atom stereocenters. The average Bonchev–Trinajstić information content (AvgIpc) is 2.84. The van der Waals surface area contributed by atoms with E-state index < -0.39 is 0 Å². The van der Waals surface area contributed by atoms with Crippen LogP contribution in [0.4, 0.5) is 0 Å². The molecule has 0 aliphatic carbocycles. The largest absolute Gasteiger partial charge is 0.496 e. The van der Waals surface area contributed by atoms with Crippen molar-refractivity contribution in [1.82, 2.24) is 0 Å². The van der Waals surface area contributed by atoms with Gasteiger partial charge in [-0.15, -0.1) is 0 Å². The number of methoxy groups -OCH3 is 1. The summed E-state index contributed by atoms with van der Waals surface area (Å²) in [5, 5.41) is 0. The van der Waals surface area contributed by atoms with Crippen LogP contribution >= 0.6 is 0 Å². The first-order chi connectivity index (χ1) is 9.06. The summed E-state index contributed by atoms with van der Waals surface area (Å²) >= 11 is 0. The fourth-order valence-electron chi connectivity index (χ4n) is 2.38. The number of rotatable bonds is 4.